The van der Waals surface area contributed by atoms with Gasteiger partial charge < -0.3 is 5.32 Å². The van der Waals surface area contributed by atoms with Crippen molar-refractivity contribution in [1.82, 2.24) is 5.32 Å². The molecule has 1 N–H and O–H groups in total. The zero-order valence-corrected chi connectivity index (χ0v) is 13.4. The first-order valence-corrected chi connectivity index (χ1v) is 8.09. The maximum atomic E-state index is 6.01. The fourth-order valence-corrected chi connectivity index (χ4v) is 3.04. The van der Waals surface area contributed by atoms with Crippen molar-refractivity contribution < 1.29 is 0 Å². The van der Waals surface area contributed by atoms with E-state index in [0.29, 0.717) is 12.1 Å². The molecule has 0 aromatic heterocycles. The predicted molar refractivity (Wildman–Crippen MR) is 89.6 cm³/mol. The van der Waals surface area contributed by atoms with Crippen molar-refractivity contribution in [2.24, 2.45) is 5.92 Å². The normalized spacial score (nSPS) is 17.5. The second-order valence-corrected chi connectivity index (χ2v) is 6.61. The van der Waals surface area contributed by atoms with Gasteiger partial charge in [0.15, 0.2) is 0 Å². The molecule has 110 valence electrons. The van der Waals surface area contributed by atoms with Gasteiger partial charge in [-0.15, -0.1) is 0 Å². The van der Waals surface area contributed by atoms with E-state index in [4.69, 9.17) is 11.6 Å². The lowest BCUT2D eigenvalue weighted by molar-refractivity contribution is 0.427. The maximum Gasteiger partial charge on any atom is 0.0406 e. The molecule has 0 saturated heterocycles. The minimum absolute atomic E-state index is 0.353. The van der Waals surface area contributed by atoms with Crippen LogP contribution in [0.1, 0.15) is 48.5 Å². The lowest BCUT2D eigenvalue weighted by atomic mass is 9.99. The summed E-state index contributed by atoms with van der Waals surface area (Å²) < 4.78 is 0. The molecule has 2 atom stereocenters. The van der Waals surface area contributed by atoms with E-state index in [1.165, 1.54) is 29.5 Å². The highest BCUT2D eigenvalue weighted by atomic mass is 35.5. The van der Waals surface area contributed by atoms with Gasteiger partial charge in [0, 0.05) is 17.1 Å². The molecule has 2 heteroatoms. The predicted octanol–water partition coefficient (Wildman–Crippen LogP) is 5.45. The molecule has 2 aromatic rings. The zero-order chi connectivity index (χ0) is 14.8. The highest BCUT2D eigenvalue weighted by Crippen LogP contribution is 2.42. The Morgan fingerprint density at radius 1 is 1.05 bits per heavy atom. The molecular formula is C19H22ClN. The van der Waals surface area contributed by atoms with Crippen LogP contribution in [-0.2, 0) is 0 Å². The van der Waals surface area contributed by atoms with Crippen LogP contribution in [0.25, 0.3) is 0 Å². The van der Waals surface area contributed by atoms with E-state index in [1.54, 1.807) is 0 Å². The Bertz CT molecular complexity index is 601. The van der Waals surface area contributed by atoms with Gasteiger partial charge in [-0.3, -0.25) is 0 Å². The monoisotopic (exact) mass is 299 g/mol. The molecule has 0 spiro atoms. The van der Waals surface area contributed by atoms with E-state index in [0.717, 1.165) is 10.9 Å². The Balaban J connectivity index is 1.77. The van der Waals surface area contributed by atoms with Crippen molar-refractivity contribution in [3.8, 4) is 0 Å². The first-order chi connectivity index (χ1) is 10.1. The van der Waals surface area contributed by atoms with Gasteiger partial charge >= 0.3 is 0 Å². The van der Waals surface area contributed by atoms with Gasteiger partial charge in [-0.1, -0.05) is 53.6 Å². The molecule has 0 bridgehead atoms. The van der Waals surface area contributed by atoms with Crippen molar-refractivity contribution in [3.63, 3.8) is 0 Å². The van der Waals surface area contributed by atoms with Crippen molar-refractivity contribution in [2.45, 2.75) is 38.8 Å². The van der Waals surface area contributed by atoms with Crippen LogP contribution in [-0.4, -0.2) is 0 Å². The summed E-state index contributed by atoms with van der Waals surface area (Å²) in [5.41, 5.74) is 4.02. The number of hydrogen-bond acceptors (Lipinski definition) is 1. The van der Waals surface area contributed by atoms with Gasteiger partial charge in [0.2, 0.25) is 0 Å². The van der Waals surface area contributed by atoms with Gasteiger partial charge in [-0.25, -0.2) is 0 Å². The standard InChI is InChI=1S/C19H22ClN/c1-13-4-3-5-17(12-13)14(2)21-19(15-6-7-15)16-8-10-18(20)11-9-16/h3-5,8-12,14-15,19,21H,6-7H2,1-2H3/t14-,19?/m0/s1. The summed E-state index contributed by atoms with van der Waals surface area (Å²) in [5, 5.41) is 4.62. The molecule has 0 heterocycles. The molecular weight excluding hydrogens is 278 g/mol. The van der Waals surface area contributed by atoms with E-state index < -0.39 is 0 Å². The highest BCUT2D eigenvalue weighted by Gasteiger charge is 2.33. The number of nitrogens with one attached hydrogen (secondary N) is 1. The average Bonchev–Trinajstić information content (AvgIpc) is 3.30. The van der Waals surface area contributed by atoms with Crippen LogP contribution in [0.4, 0.5) is 0 Å². The van der Waals surface area contributed by atoms with Crippen LogP contribution >= 0.6 is 11.6 Å². The highest BCUT2D eigenvalue weighted by molar-refractivity contribution is 6.30. The average molecular weight is 300 g/mol. The summed E-state index contributed by atoms with van der Waals surface area (Å²) in [6.07, 6.45) is 2.64. The number of benzene rings is 2. The second kappa shape index (κ2) is 6.21. The first-order valence-electron chi connectivity index (χ1n) is 7.71. The summed E-state index contributed by atoms with van der Waals surface area (Å²) in [6, 6.07) is 17.8. The smallest absolute Gasteiger partial charge is 0.0406 e. The largest absolute Gasteiger partial charge is 0.303 e. The minimum atomic E-state index is 0.353. The fraction of sp³-hybridized carbons (Fsp3) is 0.368. The van der Waals surface area contributed by atoms with Crippen LogP contribution in [0.5, 0.6) is 0 Å². The molecule has 1 fully saturated rings. The zero-order valence-electron chi connectivity index (χ0n) is 12.6. The molecule has 0 aliphatic heterocycles. The molecule has 1 unspecified atom stereocenters. The molecule has 21 heavy (non-hydrogen) atoms. The third-order valence-electron chi connectivity index (χ3n) is 4.29. The first kappa shape index (κ1) is 14.6. The van der Waals surface area contributed by atoms with E-state index in [9.17, 15) is 0 Å². The minimum Gasteiger partial charge on any atom is -0.303 e. The summed E-state index contributed by atoms with van der Waals surface area (Å²) in [5.74, 6) is 0.762. The summed E-state index contributed by atoms with van der Waals surface area (Å²) in [4.78, 5) is 0. The van der Waals surface area contributed by atoms with E-state index in [-0.39, 0.29) is 0 Å². The molecule has 1 aliphatic carbocycles. The van der Waals surface area contributed by atoms with E-state index in [2.05, 4.69) is 55.6 Å². The van der Waals surface area contributed by atoms with Gasteiger partial charge in [-0.2, -0.15) is 0 Å². The Labute approximate surface area is 132 Å². The van der Waals surface area contributed by atoms with E-state index >= 15 is 0 Å². The Hall–Kier alpha value is -1.31. The Kier molecular flexibility index (Phi) is 4.32. The van der Waals surface area contributed by atoms with Crippen LogP contribution in [0, 0.1) is 12.8 Å². The molecule has 0 amide bonds. The van der Waals surface area contributed by atoms with E-state index in [1.807, 2.05) is 12.1 Å². The molecule has 1 saturated carbocycles. The lowest BCUT2D eigenvalue weighted by Gasteiger charge is -2.24. The molecule has 0 radical (unpaired) electrons. The SMILES string of the molecule is Cc1cccc([C@H](C)NC(c2ccc(Cl)cc2)C2CC2)c1. The number of aryl methyl sites for hydroxylation is 1. The molecule has 1 aliphatic rings. The third-order valence-corrected chi connectivity index (χ3v) is 4.55. The summed E-state index contributed by atoms with van der Waals surface area (Å²) in [7, 11) is 0. The summed E-state index contributed by atoms with van der Waals surface area (Å²) in [6.45, 7) is 4.40. The van der Waals surface area contributed by atoms with Crippen molar-refractivity contribution >= 4 is 11.6 Å². The number of hydrogen-bond donors (Lipinski definition) is 1. The third kappa shape index (κ3) is 3.66. The Morgan fingerprint density at radius 2 is 1.76 bits per heavy atom. The van der Waals surface area contributed by atoms with Crippen LogP contribution in [0.2, 0.25) is 5.02 Å². The molecule has 1 nitrogen and oxygen atoms in total. The quantitative estimate of drug-likeness (QED) is 0.774. The fourth-order valence-electron chi connectivity index (χ4n) is 2.91. The van der Waals surface area contributed by atoms with Crippen LogP contribution < -0.4 is 5.32 Å². The number of rotatable bonds is 5. The Morgan fingerprint density at radius 3 is 2.38 bits per heavy atom. The van der Waals surface area contributed by atoms with Crippen molar-refractivity contribution in [1.29, 1.82) is 0 Å². The topological polar surface area (TPSA) is 12.0 Å². The van der Waals surface area contributed by atoms with Crippen LogP contribution in [0.15, 0.2) is 48.5 Å². The van der Waals surface area contributed by atoms with Gasteiger partial charge in [0.1, 0.15) is 0 Å². The maximum absolute atomic E-state index is 6.01. The van der Waals surface area contributed by atoms with Crippen LogP contribution in [0.3, 0.4) is 0 Å². The summed E-state index contributed by atoms with van der Waals surface area (Å²) >= 11 is 6.01. The molecule has 2 aromatic carbocycles. The van der Waals surface area contributed by atoms with Gasteiger partial charge in [0.05, 0.1) is 0 Å². The second-order valence-electron chi connectivity index (χ2n) is 6.17. The van der Waals surface area contributed by atoms with Crippen molar-refractivity contribution in [2.75, 3.05) is 0 Å². The van der Waals surface area contributed by atoms with Gasteiger partial charge in [0.25, 0.3) is 0 Å². The number of halogens is 1. The molecule has 3 rings (SSSR count). The van der Waals surface area contributed by atoms with Crippen molar-refractivity contribution in [3.05, 3.63) is 70.2 Å². The van der Waals surface area contributed by atoms with Gasteiger partial charge in [-0.05, 0) is 55.9 Å². The lowest BCUT2D eigenvalue weighted by Crippen LogP contribution is -2.26.